The number of methoxy groups -OCH3 is 2. The number of rotatable bonds is 9. The van der Waals surface area contributed by atoms with Crippen molar-refractivity contribution < 1.29 is 32.2 Å². The van der Waals surface area contributed by atoms with E-state index in [-0.39, 0.29) is 24.6 Å². The Morgan fingerprint density at radius 1 is 1.03 bits per heavy atom. The van der Waals surface area contributed by atoms with Crippen molar-refractivity contribution in [1.29, 1.82) is 0 Å². The van der Waals surface area contributed by atoms with Gasteiger partial charge >= 0.3 is 0 Å². The van der Waals surface area contributed by atoms with Crippen molar-refractivity contribution in [3.8, 4) is 23.0 Å². The number of ether oxygens (including phenoxy) is 4. The van der Waals surface area contributed by atoms with E-state index in [1.807, 2.05) is 19.1 Å². The zero-order valence-corrected chi connectivity index (χ0v) is 21.1. The minimum Gasteiger partial charge on any atom is -0.497 e. The number of sulfonamides is 1. The largest absolute Gasteiger partial charge is 0.497 e. The molecule has 1 heterocycles. The minimum absolute atomic E-state index is 0.0843. The quantitative estimate of drug-likeness (QED) is 0.439. The second-order valence-corrected chi connectivity index (χ2v) is 9.94. The van der Waals surface area contributed by atoms with E-state index in [0.29, 0.717) is 28.7 Å². The van der Waals surface area contributed by atoms with Crippen molar-refractivity contribution in [1.82, 2.24) is 5.32 Å². The standard InChI is InChI=1S/C26H28N2O7S/c1-18-8-13-21-24(16-18)35-25(17-28(21)36(30,31)20-11-9-19(32-2)10-12-20)26(29)27-14-15-34-23-7-5-4-6-22(23)33-3/h4-13,16,25H,14-15,17H2,1-3H3,(H,27,29)/t25-/m0/s1. The second-order valence-electron chi connectivity index (χ2n) is 8.08. The van der Waals surface area contributed by atoms with E-state index in [9.17, 15) is 13.2 Å². The molecule has 0 saturated heterocycles. The topological polar surface area (TPSA) is 103 Å². The van der Waals surface area contributed by atoms with E-state index >= 15 is 0 Å². The number of para-hydroxylation sites is 2. The Bertz CT molecular complexity index is 1330. The third-order valence-electron chi connectivity index (χ3n) is 5.65. The van der Waals surface area contributed by atoms with Crippen molar-refractivity contribution in [3.63, 3.8) is 0 Å². The van der Waals surface area contributed by atoms with Gasteiger partial charge in [0.25, 0.3) is 15.9 Å². The molecule has 1 atom stereocenters. The van der Waals surface area contributed by atoms with Crippen molar-refractivity contribution in [2.75, 3.05) is 38.2 Å². The summed E-state index contributed by atoms with van der Waals surface area (Å²) in [6.45, 7) is 2.08. The fourth-order valence-electron chi connectivity index (χ4n) is 3.79. The summed E-state index contributed by atoms with van der Waals surface area (Å²) in [5, 5.41) is 2.76. The molecule has 3 aromatic rings. The Labute approximate surface area is 210 Å². The van der Waals surface area contributed by atoms with Crippen molar-refractivity contribution >= 4 is 21.6 Å². The molecular formula is C26H28N2O7S. The van der Waals surface area contributed by atoms with E-state index in [4.69, 9.17) is 18.9 Å². The number of nitrogens with zero attached hydrogens (tertiary/aromatic N) is 1. The number of aryl methyl sites for hydroxylation is 1. The summed E-state index contributed by atoms with van der Waals surface area (Å²) in [6, 6.07) is 18.5. The van der Waals surface area contributed by atoms with Crippen molar-refractivity contribution in [3.05, 3.63) is 72.3 Å². The highest BCUT2D eigenvalue weighted by atomic mass is 32.2. The zero-order chi connectivity index (χ0) is 25.7. The van der Waals surface area contributed by atoms with Gasteiger partial charge in [-0.2, -0.15) is 0 Å². The van der Waals surface area contributed by atoms with Crippen molar-refractivity contribution in [2.45, 2.75) is 17.9 Å². The number of carbonyl (C=O) groups excluding carboxylic acids is 1. The first-order valence-corrected chi connectivity index (χ1v) is 12.7. The van der Waals surface area contributed by atoms with Gasteiger partial charge < -0.3 is 24.3 Å². The number of amides is 1. The van der Waals surface area contributed by atoms with Crippen LogP contribution >= 0.6 is 0 Å². The summed E-state index contributed by atoms with van der Waals surface area (Å²) in [4.78, 5) is 13.0. The number of fused-ring (bicyclic) bond motifs is 1. The average molecular weight is 513 g/mol. The zero-order valence-electron chi connectivity index (χ0n) is 20.3. The van der Waals surface area contributed by atoms with Gasteiger partial charge in [0.15, 0.2) is 17.6 Å². The molecule has 36 heavy (non-hydrogen) atoms. The van der Waals surface area contributed by atoms with Crippen LogP contribution in [0.25, 0.3) is 0 Å². The lowest BCUT2D eigenvalue weighted by Crippen LogP contribution is -2.51. The van der Waals surface area contributed by atoms with Gasteiger partial charge in [-0.1, -0.05) is 18.2 Å². The summed E-state index contributed by atoms with van der Waals surface area (Å²) in [7, 11) is -0.910. The lowest BCUT2D eigenvalue weighted by atomic mass is 10.1. The third kappa shape index (κ3) is 5.33. The number of hydrogen-bond acceptors (Lipinski definition) is 7. The average Bonchev–Trinajstić information content (AvgIpc) is 2.90. The second kappa shape index (κ2) is 10.8. The van der Waals surface area contributed by atoms with Crippen LogP contribution in [0.3, 0.4) is 0 Å². The van der Waals surface area contributed by atoms with Crippen LogP contribution in [0.4, 0.5) is 5.69 Å². The summed E-state index contributed by atoms with van der Waals surface area (Å²) in [5.41, 5.74) is 1.25. The monoisotopic (exact) mass is 512 g/mol. The molecule has 10 heteroatoms. The molecule has 3 aromatic carbocycles. The molecular weight excluding hydrogens is 484 g/mol. The van der Waals surface area contributed by atoms with E-state index < -0.39 is 22.0 Å². The van der Waals surface area contributed by atoms with Gasteiger partial charge in [-0.05, 0) is 61.0 Å². The van der Waals surface area contributed by atoms with Gasteiger partial charge in [-0.25, -0.2) is 8.42 Å². The van der Waals surface area contributed by atoms with Crippen LogP contribution in [0, 0.1) is 6.92 Å². The van der Waals surface area contributed by atoms with Gasteiger partial charge in [0.1, 0.15) is 18.1 Å². The molecule has 0 bridgehead atoms. The molecule has 0 saturated carbocycles. The Kier molecular flexibility index (Phi) is 7.54. The van der Waals surface area contributed by atoms with Crippen molar-refractivity contribution in [2.24, 2.45) is 0 Å². The first-order valence-electron chi connectivity index (χ1n) is 11.3. The first-order chi connectivity index (χ1) is 17.3. The highest BCUT2D eigenvalue weighted by molar-refractivity contribution is 7.92. The molecule has 0 aliphatic carbocycles. The maximum Gasteiger partial charge on any atom is 0.264 e. The predicted octanol–water partition coefficient (Wildman–Crippen LogP) is 3.16. The number of carbonyl (C=O) groups is 1. The predicted molar refractivity (Wildman–Crippen MR) is 135 cm³/mol. The fraction of sp³-hybridized carbons (Fsp3) is 0.269. The maximum atomic E-state index is 13.5. The molecule has 1 aliphatic rings. The van der Waals surface area contributed by atoms with Crippen LogP contribution in [0.15, 0.2) is 71.6 Å². The molecule has 190 valence electrons. The molecule has 4 rings (SSSR count). The van der Waals surface area contributed by atoms with E-state index in [2.05, 4.69) is 5.32 Å². The first kappa shape index (κ1) is 25.2. The summed E-state index contributed by atoms with van der Waals surface area (Å²) in [6.07, 6.45) is -1.04. The van der Waals surface area contributed by atoms with E-state index in [0.717, 1.165) is 5.56 Å². The Balaban J connectivity index is 1.49. The molecule has 1 N–H and O–H groups in total. The minimum atomic E-state index is -3.97. The normalized spacial score (nSPS) is 14.9. The summed E-state index contributed by atoms with van der Waals surface area (Å²) >= 11 is 0. The molecule has 0 spiro atoms. The van der Waals surface area contributed by atoms with E-state index in [1.165, 1.54) is 23.5 Å². The molecule has 0 fully saturated rings. The molecule has 0 radical (unpaired) electrons. The Morgan fingerprint density at radius 2 is 1.75 bits per heavy atom. The molecule has 1 aliphatic heterocycles. The molecule has 0 unspecified atom stereocenters. The van der Waals surface area contributed by atoms with Gasteiger partial charge in [-0.3, -0.25) is 9.10 Å². The van der Waals surface area contributed by atoms with Crippen LogP contribution in [0.2, 0.25) is 0 Å². The van der Waals surface area contributed by atoms with Gasteiger partial charge in [-0.15, -0.1) is 0 Å². The van der Waals surface area contributed by atoms with Crippen LogP contribution in [0.5, 0.6) is 23.0 Å². The highest BCUT2D eigenvalue weighted by Gasteiger charge is 2.37. The number of benzene rings is 3. The summed E-state index contributed by atoms with van der Waals surface area (Å²) in [5.74, 6) is 1.57. The Morgan fingerprint density at radius 3 is 2.44 bits per heavy atom. The van der Waals surface area contributed by atoms with Crippen LogP contribution in [-0.2, 0) is 14.8 Å². The summed E-state index contributed by atoms with van der Waals surface area (Å²) < 4.78 is 50.3. The molecule has 1 amide bonds. The third-order valence-corrected chi connectivity index (χ3v) is 7.45. The van der Waals surface area contributed by atoms with Gasteiger partial charge in [0.2, 0.25) is 0 Å². The molecule has 9 nitrogen and oxygen atoms in total. The van der Waals surface area contributed by atoms with Gasteiger partial charge in [0, 0.05) is 0 Å². The van der Waals surface area contributed by atoms with Crippen LogP contribution < -0.4 is 28.6 Å². The number of anilines is 1. The Hall–Kier alpha value is -3.92. The lowest BCUT2D eigenvalue weighted by molar-refractivity contribution is -0.127. The fourth-order valence-corrected chi connectivity index (χ4v) is 5.26. The lowest BCUT2D eigenvalue weighted by Gasteiger charge is -2.35. The SMILES string of the molecule is COc1ccc(S(=O)(=O)N2C[C@@H](C(=O)NCCOc3ccccc3OC)Oc3cc(C)ccc32)cc1. The van der Waals surface area contributed by atoms with Gasteiger partial charge in [0.05, 0.1) is 37.9 Å². The van der Waals surface area contributed by atoms with Crippen LogP contribution in [0.1, 0.15) is 5.56 Å². The highest BCUT2D eigenvalue weighted by Crippen LogP contribution is 2.38. The number of hydrogen-bond donors (Lipinski definition) is 1. The maximum absolute atomic E-state index is 13.5. The smallest absolute Gasteiger partial charge is 0.264 e. The molecule has 0 aromatic heterocycles. The number of nitrogens with one attached hydrogen (secondary N) is 1. The van der Waals surface area contributed by atoms with E-state index in [1.54, 1.807) is 49.6 Å². The van der Waals surface area contributed by atoms with Crippen LogP contribution in [-0.4, -0.2) is 54.3 Å².